The predicted molar refractivity (Wildman–Crippen MR) is 94.5 cm³/mol. The third kappa shape index (κ3) is 4.11. The Bertz CT molecular complexity index is 775. The minimum absolute atomic E-state index is 0.0685. The Labute approximate surface area is 146 Å². The van der Waals surface area contributed by atoms with Crippen LogP contribution in [0, 0.1) is 11.3 Å². The predicted octanol–water partition coefficient (Wildman–Crippen LogP) is 1.87. The van der Waals surface area contributed by atoms with Crippen molar-refractivity contribution in [2.45, 2.75) is 6.92 Å². The Balaban J connectivity index is 1.68. The van der Waals surface area contributed by atoms with Crippen LogP contribution in [0.2, 0.25) is 0 Å². The minimum atomic E-state index is -0.0685. The van der Waals surface area contributed by atoms with Crippen LogP contribution < -0.4 is 5.32 Å². The van der Waals surface area contributed by atoms with Gasteiger partial charge < -0.3 is 15.1 Å². The van der Waals surface area contributed by atoms with E-state index >= 15 is 0 Å². The Morgan fingerprint density at radius 3 is 2.56 bits per heavy atom. The molecule has 1 N–H and O–H groups in total. The van der Waals surface area contributed by atoms with Crippen molar-refractivity contribution in [1.82, 2.24) is 19.8 Å². The van der Waals surface area contributed by atoms with E-state index in [1.807, 2.05) is 4.90 Å². The molecule has 1 aliphatic rings. The standard InChI is InChI=1S/C18H20N6O/c1-2-23-9-11-24(12-10-23)17(25)16-7-8-20-18(22-16)21-15-5-3-14(13-19)4-6-15/h3-8H,2,9-12H2,1H3,(H,20,21,22). The molecule has 0 saturated carbocycles. The van der Waals surface area contributed by atoms with Gasteiger partial charge in [0.25, 0.3) is 5.91 Å². The third-order valence-corrected chi connectivity index (χ3v) is 4.25. The van der Waals surface area contributed by atoms with E-state index in [0.29, 0.717) is 17.2 Å². The monoisotopic (exact) mass is 336 g/mol. The second-order valence-corrected chi connectivity index (χ2v) is 5.81. The van der Waals surface area contributed by atoms with Crippen LogP contribution in [0.5, 0.6) is 0 Å². The van der Waals surface area contributed by atoms with E-state index in [1.165, 1.54) is 0 Å². The van der Waals surface area contributed by atoms with Gasteiger partial charge in [-0.3, -0.25) is 4.79 Å². The summed E-state index contributed by atoms with van der Waals surface area (Å²) < 4.78 is 0. The second kappa shape index (κ2) is 7.73. The van der Waals surface area contributed by atoms with Gasteiger partial charge in [-0.15, -0.1) is 0 Å². The number of nitrogens with zero attached hydrogens (tertiary/aromatic N) is 5. The average Bonchev–Trinajstić information content (AvgIpc) is 2.68. The lowest BCUT2D eigenvalue weighted by atomic mass is 10.2. The number of nitriles is 1. The molecular weight excluding hydrogens is 316 g/mol. The maximum atomic E-state index is 12.6. The molecule has 7 nitrogen and oxygen atoms in total. The molecule has 128 valence electrons. The lowest BCUT2D eigenvalue weighted by Crippen LogP contribution is -2.48. The summed E-state index contributed by atoms with van der Waals surface area (Å²) in [6.07, 6.45) is 1.58. The van der Waals surface area contributed by atoms with Gasteiger partial charge in [0.1, 0.15) is 5.69 Å². The number of carbonyl (C=O) groups excluding carboxylic acids is 1. The lowest BCUT2D eigenvalue weighted by molar-refractivity contribution is 0.0637. The lowest BCUT2D eigenvalue weighted by Gasteiger charge is -2.33. The molecule has 0 unspecified atom stereocenters. The highest BCUT2D eigenvalue weighted by Crippen LogP contribution is 2.14. The number of amides is 1. The molecule has 0 radical (unpaired) electrons. The summed E-state index contributed by atoms with van der Waals surface area (Å²) in [6, 6.07) is 10.7. The number of anilines is 2. The molecule has 0 atom stereocenters. The molecule has 2 heterocycles. The number of aromatic nitrogens is 2. The number of rotatable bonds is 4. The highest BCUT2D eigenvalue weighted by molar-refractivity contribution is 5.92. The first-order valence-corrected chi connectivity index (χ1v) is 8.31. The van der Waals surface area contributed by atoms with Gasteiger partial charge in [0.15, 0.2) is 0 Å². The SMILES string of the molecule is CCN1CCN(C(=O)c2ccnc(Nc3ccc(C#N)cc3)n2)CC1. The van der Waals surface area contributed by atoms with E-state index in [4.69, 9.17) is 5.26 Å². The molecule has 1 fully saturated rings. The normalized spacial score (nSPS) is 14.8. The fourth-order valence-corrected chi connectivity index (χ4v) is 2.72. The molecule has 1 saturated heterocycles. The van der Waals surface area contributed by atoms with Crippen LogP contribution in [0.15, 0.2) is 36.5 Å². The summed E-state index contributed by atoms with van der Waals surface area (Å²) in [4.78, 5) is 25.3. The molecule has 0 aliphatic carbocycles. The maximum absolute atomic E-state index is 12.6. The third-order valence-electron chi connectivity index (χ3n) is 4.25. The van der Waals surface area contributed by atoms with Gasteiger partial charge in [-0.1, -0.05) is 6.92 Å². The summed E-state index contributed by atoms with van der Waals surface area (Å²) in [5, 5.41) is 11.9. The van der Waals surface area contributed by atoms with Crippen molar-refractivity contribution in [3.05, 3.63) is 47.8 Å². The summed E-state index contributed by atoms with van der Waals surface area (Å²) in [7, 11) is 0. The van der Waals surface area contributed by atoms with Crippen molar-refractivity contribution in [2.24, 2.45) is 0 Å². The first-order valence-electron chi connectivity index (χ1n) is 8.31. The second-order valence-electron chi connectivity index (χ2n) is 5.81. The number of hydrogen-bond donors (Lipinski definition) is 1. The van der Waals surface area contributed by atoms with Crippen LogP contribution in [0.4, 0.5) is 11.6 Å². The van der Waals surface area contributed by atoms with Crippen LogP contribution in [0.3, 0.4) is 0 Å². The van der Waals surface area contributed by atoms with Crippen LogP contribution in [0.25, 0.3) is 0 Å². The Hall–Kier alpha value is -2.98. The zero-order valence-electron chi connectivity index (χ0n) is 14.1. The van der Waals surface area contributed by atoms with E-state index in [0.717, 1.165) is 38.4 Å². The van der Waals surface area contributed by atoms with Gasteiger partial charge in [-0.05, 0) is 36.9 Å². The number of likely N-dealkylation sites (N-methyl/N-ethyl adjacent to an activating group) is 1. The molecule has 1 aromatic heterocycles. The molecule has 3 rings (SSSR count). The van der Waals surface area contributed by atoms with Crippen LogP contribution >= 0.6 is 0 Å². The molecule has 0 spiro atoms. The first-order chi connectivity index (χ1) is 12.2. The number of carbonyl (C=O) groups is 1. The van der Waals surface area contributed by atoms with Crippen LogP contribution in [-0.2, 0) is 0 Å². The summed E-state index contributed by atoms with van der Waals surface area (Å²) >= 11 is 0. The minimum Gasteiger partial charge on any atom is -0.335 e. The van der Waals surface area contributed by atoms with Gasteiger partial charge in [0, 0.05) is 38.1 Å². The van der Waals surface area contributed by atoms with Gasteiger partial charge in [-0.2, -0.15) is 5.26 Å². The van der Waals surface area contributed by atoms with Gasteiger partial charge in [0.05, 0.1) is 11.6 Å². The van der Waals surface area contributed by atoms with Gasteiger partial charge in [-0.25, -0.2) is 9.97 Å². The molecule has 0 bridgehead atoms. The fourth-order valence-electron chi connectivity index (χ4n) is 2.72. The average molecular weight is 336 g/mol. The largest absolute Gasteiger partial charge is 0.335 e. The Morgan fingerprint density at radius 2 is 1.92 bits per heavy atom. The van der Waals surface area contributed by atoms with Crippen molar-refractivity contribution in [3.63, 3.8) is 0 Å². The van der Waals surface area contributed by atoms with E-state index in [9.17, 15) is 4.79 Å². The van der Waals surface area contributed by atoms with Gasteiger partial charge >= 0.3 is 0 Å². The molecule has 1 amide bonds. The van der Waals surface area contributed by atoms with Crippen molar-refractivity contribution in [2.75, 3.05) is 38.0 Å². The molecule has 1 aromatic carbocycles. The maximum Gasteiger partial charge on any atom is 0.272 e. The molecule has 25 heavy (non-hydrogen) atoms. The summed E-state index contributed by atoms with van der Waals surface area (Å²) in [5.74, 6) is 0.295. The van der Waals surface area contributed by atoms with Crippen molar-refractivity contribution < 1.29 is 4.79 Å². The zero-order valence-corrected chi connectivity index (χ0v) is 14.1. The quantitative estimate of drug-likeness (QED) is 0.917. The van der Waals surface area contributed by atoms with Crippen molar-refractivity contribution in [1.29, 1.82) is 5.26 Å². The van der Waals surface area contributed by atoms with E-state index in [1.54, 1.807) is 36.5 Å². The van der Waals surface area contributed by atoms with Crippen molar-refractivity contribution >= 4 is 17.5 Å². The molecule has 7 heteroatoms. The van der Waals surface area contributed by atoms with Crippen molar-refractivity contribution in [3.8, 4) is 6.07 Å². The summed E-state index contributed by atoms with van der Waals surface area (Å²) in [5.41, 5.74) is 1.73. The molecule has 1 aliphatic heterocycles. The zero-order chi connectivity index (χ0) is 17.6. The highest BCUT2D eigenvalue weighted by atomic mass is 16.2. The number of benzene rings is 1. The Morgan fingerprint density at radius 1 is 1.20 bits per heavy atom. The topological polar surface area (TPSA) is 85.1 Å². The van der Waals surface area contributed by atoms with E-state index in [2.05, 4.69) is 33.2 Å². The number of nitrogens with one attached hydrogen (secondary N) is 1. The fraction of sp³-hybridized carbons (Fsp3) is 0.333. The van der Waals surface area contributed by atoms with Crippen LogP contribution in [-0.4, -0.2) is 58.4 Å². The van der Waals surface area contributed by atoms with E-state index < -0.39 is 0 Å². The smallest absolute Gasteiger partial charge is 0.272 e. The van der Waals surface area contributed by atoms with E-state index in [-0.39, 0.29) is 5.91 Å². The Kier molecular flexibility index (Phi) is 5.21. The van der Waals surface area contributed by atoms with Gasteiger partial charge in [0.2, 0.25) is 5.95 Å². The highest BCUT2D eigenvalue weighted by Gasteiger charge is 2.22. The molecule has 2 aromatic rings. The number of piperazine rings is 1. The van der Waals surface area contributed by atoms with Crippen LogP contribution in [0.1, 0.15) is 23.0 Å². The summed E-state index contributed by atoms with van der Waals surface area (Å²) in [6.45, 7) is 6.36. The molecular formula is C18H20N6O. The number of hydrogen-bond acceptors (Lipinski definition) is 6. The first kappa shape index (κ1) is 16.9.